The molecule has 0 spiro atoms. The lowest BCUT2D eigenvalue weighted by atomic mass is 9.96. The zero-order chi connectivity index (χ0) is 12.1. The average molecular weight is 236 g/mol. The molecule has 0 saturated heterocycles. The molecule has 1 aromatic rings. The number of nitrogens with zero attached hydrogens (tertiary/aromatic N) is 2. The molecule has 1 fully saturated rings. The standard InChI is InChI=1S/C13H20N2O2/c16-13(17)8-4-5-11-9-10-15(14-11)12-6-2-1-3-7-12/h9-10,12H,1-8H2,(H,16,17). The number of aromatic nitrogens is 2. The first-order valence-corrected chi connectivity index (χ1v) is 6.51. The van der Waals surface area contributed by atoms with Crippen LogP contribution in [-0.4, -0.2) is 20.9 Å². The van der Waals surface area contributed by atoms with Crippen molar-refractivity contribution in [3.05, 3.63) is 18.0 Å². The predicted molar refractivity (Wildman–Crippen MR) is 64.9 cm³/mol. The summed E-state index contributed by atoms with van der Waals surface area (Å²) in [4.78, 5) is 10.4. The van der Waals surface area contributed by atoms with E-state index in [0.29, 0.717) is 12.5 Å². The Balaban J connectivity index is 1.84. The van der Waals surface area contributed by atoms with Crippen LogP contribution >= 0.6 is 0 Å². The summed E-state index contributed by atoms with van der Waals surface area (Å²) in [6.45, 7) is 0. The summed E-state index contributed by atoms with van der Waals surface area (Å²) in [6.07, 6.45) is 10.2. The summed E-state index contributed by atoms with van der Waals surface area (Å²) in [7, 11) is 0. The van der Waals surface area contributed by atoms with E-state index in [4.69, 9.17) is 5.11 Å². The van der Waals surface area contributed by atoms with E-state index in [-0.39, 0.29) is 6.42 Å². The van der Waals surface area contributed by atoms with E-state index >= 15 is 0 Å². The van der Waals surface area contributed by atoms with Crippen LogP contribution in [0, 0.1) is 0 Å². The van der Waals surface area contributed by atoms with Gasteiger partial charge in [0, 0.05) is 12.6 Å². The molecule has 0 radical (unpaired) electrons. The van der Waals surface area contributed by atoms with Crippen LogP contribution < -0.4 is 0 Å². The first kappa shape index (κ1) is 12.1. The maximum absolute atomic E-state index is 10.4. The number of hydrogen-bond acceptors (Lipinski definition) is 2. The van der Waals surface area contributed by atoms with Crippen molar-refractivity contribution in [3.63, 3.8) is 0 Å². The number of carbonyl (C=O) groups is 1. The second-order valence-electron chi connectivity index (χ2n) is 4.83. The van der Waals surface area contributed by atoms with Crippen molar-refractivity contribution in [2.45, 2.75) is 57.4 Å². The molecule has 0 aliphatic heterocycles. The fraction of sp³-hybridized carbons (Fsp3) is 0.692. The Morgan fingerprint density at radius 1 is 1.41 bits per heavy atom. The van der Waals surface area contributed by atoms with Crippen LogP contribution in [0.15, 0.2) is 12.3 Å². The van der Waals surface area contributed by atoms with Crippen LogP contribution in [0.1, 0.15) is 56.7 Å². The molecule has 1 aliphatic carbocycles. The van der Waals surface area contributed by atoms with Gasteiger partial charge in [-0.1, -0.05) is 19.3 Å². The first-order valence-electron chi connectivity index (χ1n) is 6.51. The first-order chi connectivity index (χ1) is 8.25. The van der Waals surface area contributed by atoms with Crippen LogP contribution in [0.5, 0.6) is 0 Å². The van der Waals surface area contributed by atoms with E-state index < -0.39 is 5.97 Å². The predicted octanol–water partition coefficient (Wildman–Crippen LogP) is 2.80. The molecule has 1 N–H and O–H groups in total. The number of aliphatic carboxylic acids is 1. The summed E-state index contributed by atoms with van der Waals surface area (Å²) in [5, 5.41) is 13.1. The van der Waals surface area contributed by atoms with Crippen molar-refractivity contribution >= 4 is 5.97 Å². The molecule has 4 nitrogen and oxygen atoms in total. The van der Waals surface area contributed by atoms with Crippen LogP contribution in [0.25, 0.3) is 0 Å². The molecule has 0 unspecified atom stereocenters. The highest BCUT2D eigenvalue weighted by Crippen LogP contribution is 2.27. The van der Waals surface area contributed by atoms with Gasteiger partial charge in [0.25, 0.3) is 0 Å². The minimum Gasteiger partial charge on any atom is -0.481 e. The lowest BCUT2D eigenvalue weighted by Gasteiger charge is -2.21. The smallest absolute Gasteiger partial charge is 0.303 e. The molecule has 2 rings (SSSR count). The highest BCUT2D eigenvalue weighted by molar-refractivity contribution is 5.66. The molecule has 94 valence electrons. The summed E-state index contributed by atoms with van der Waals surface area (Å²) < 4.78 is 2.08. The Morgan fingerprint density at radius 2 is 2.18 bits per heavy atom. The van der Waals surface area contributed by atoms with Crippen molar-refractivity contribution in [2.24, 2.45) is 0 Å². The van der Waals surface area contributed by atoms with E-state index in [9.17, 15) is 4.79 Å². The van der Waals surface area contributed by atoms with Gasteiger partial charge >= 0.3 is 5.97 Å². The molecule has 1 heterocycles. The summed E-state index contributed by atoms with van der Waals surface area (Å²) in [6, 6.07) is 2.59. The third-order valence-electron chi connectivity index (χ3n) is 3.44. The van der Waals surface area contributed by atoms with E-state index in [1.54, 1.807) is 0 Å². The van der Waals surface area contributed by atoms with Crippen molar-refractivity contribution in [1.82, 2.24) is 9.78 Å². The molecule has 0 aromatic carbocycles. The molecule has 0 atom stereocenters. The van der Waals surface area contributed by atoms with Crippen LogP contribution in [0.2, 0.25) is 0 Å². The van der Waals surface area contributed by atoms with Crippen LogP contribution in [-0.2, 0) is 11.2 Å². The molecule has 17 heavy (non-hydrogen) atoms. The van der Waals surface area contributed by atoms with Crippen molar-refractivity contribution in [2.75, 3.05) is 0 Å². The lowest BCUT2D eigenvalue weighted by Crippen LogP contribution is -2.13. The van der Waals surface area contributed by atoms with E-state index in [2.05, 4.69) is 9.78 Å². The minimum atomic E-state index is -0.725. The number of carboxylic acids is 1. The Hall–Kier alpha value is -1.32. The van der Waals surface area contributed by atoms with Crippen LogP contribution in [0.4, 0.5) is 0 Å². The Labute approximate surface area is 102 Å². The fourth-order valence-electron chi connectivity index (χ4n) is 2.48. The number of hydrogen-bond donors (Lipinski definition) is 1. The van der Waals surface area contributed by atoms with Gasteiger partial charge in [-0.3, -0.25) is 9.48 Å². The Bertz CT molecular complexity index is 367. The molecule has 1 aliphatic rings. The number of rotatable bonds is 5. The fourth-order valence-corrected chi connectivity index (χ4v) is 2.48. The van der Waals surface area contributed by atoms with Gasteiger partial charge in [0.05, 0.1) is 11.7 Å². The molecule has 0 amide bonds. The molecule has 0 bridgehead atoms. The summed E-state index contributed by atoms with van der Waals surface area (Å²) in [5.74, 6) is -0.725. The van der Waals surface area contributed by atoms with Crippen molar-refractivity contribution < 1.29 is 9.90 Å². The number of aryl methyl sites for hydroxylation is 1. The van der Waals surface area contributed by atoms with Gasteiger partial charge in [0.2, 0.25) is 0 Å². The largest absolute Gasteiger partial charge is 0.481 e. The van der Waals surface area contributed by atoms with Gasteiger partial charge in [-0.15, -0.1) is 0 Å². The van der Waals surface area contributed by atoms with Crippen molar-refractivity contribution in [1.29, 1.82) is 0 Å². The SMILES string of the molecule is O=C(O)CCCc1ccn(C2CCCCC2)n1. The topological polar surface area (TPSA) is 55.1 Å². The molecule has 4 heteroatoms. The zero-order valence-electron chi connectivity index (χ0n) is 10.1. The average Bonchev–Trinajstić information content (AvgIpc) is 2.78. The highest BCUT2D eigenvalue weighted by Gasteiger charge is 2.15. The van der Waals surface area contributed by atoms with E-state index in [1.165, 1.54) is 32.1 Å². The third kappa shape index (κ3) is 3.58. The molecule has 1 aromatic heterocycles. The molecule has 1 saturated carbocycles. The maximum atomic E-state index is 10.4. The summed E-state index contributed by atoms with van der Waals surface area (Å²) in [5.41, 5.74) is 1.02. The second-order valence-corrected chi connectivity index (χ2v) is 4.83. The van der Waals surface area contributed by atoms with E-state index in [0.717, 1.165) is 12.1 Å². The van der Waals surface area contributed by atoms with Gasteiger partial charge in [-0.05, 0) is 31.7 Å². The molecular weight excluding hydrogens is 216 g/mol. The Kier molecular flexibility index (Phi) is 4.18. The van der Waals surface area contributed by atoms with E-state index in [1.807, 2.05) is 12.3 Å². The van der Waals surface area contributed by atoms with Gasteiger partial charge in [0.15, 0.2) is 0 Å². The van der Waals surface area contributed by atoms with Gasteiger partial charge in [-0.25, -0.2) is 0 Å². The number of carboxylic acid groups (broad SMARTS) is 1. The summed E-state index contributed by atoms with van der Waals surface area (Å²) >= 11 is 0. The van der Waals surface area contributed by atoms with Crippen LogP contribution in [0.3, 0.4) is 0 Å². The molecular formula is C13H20N2O2. The van der Waals surface area contributed by atoms with Gasteiger partial charge in [-0.2, -0.15) is 5.10 Å². The van der Waals surface area contributed by atoms with Gasteiger partial charge < -0.3 is 5.11 Å². The monoisotopic (exact) mass is 236 g/mol. The normalized spacial score (nSPS) is 17.2. The quantitative estimate of drug-likeness (QED) is 0.855. The third-order valence-corrected chi connectivity index (χ3v) is 3.44. The minimum absolute atomic E-state index is 0.232. The maximum Gasteiger partial charge on any atom is 0.303 e. The van der Waals surface area contributed by atoms with Gasteiger partial charge in [0.1, 0.15) is 0 Å². The highest BCUT2D eigenvalue weighted by atomic mass is 16.4. The zero-order valence-corrected chi connectivity index (χ0v) is 10.1. The van der Waals surface area contributed by atoms with Crippen molar-refractivity contribution in [3.8, 4) is 0 Å². The lowest BCUT2D eigenvalue weighted by molar-refractivity contribution is -0.137. The second kappa shape index (κ2) is 5.84. The Morgan fingerprint density at radius 3 is 2.88 bits per heavy atom.